The number of rotatable bonds is 3. The second-order valence-corrected chi connectivity index (χ2v) is 7.29. The number of hydrogen-bond donors (Lipinski definition) is 0. The molecule has 0 fully saturated rings. The topological polar surface area (TPSA) is 52.6 Å². The maximum atomic E-state index is 13.2. The van der Waals surface area contributed by atoms with Crippen molar-refractivity contribution in [3.05, 3.63) is 48.5 Å². The van der Waals surface area contributed by atoms with E-state index in [9.17, 15) is 9.36 Å². The molecular weight excluding hydrogens is 287 g/mol. The average Bonchev–Trinajstić information content (AvgIpc) is 2.53. The number of methoxy groups -OCH3 is 1. The molecule has 1 atom stereocenters. The monoisotopic (exact) mass is 302 g/mol. The van der Waals surface area contributed by atoms with Gasteiger partial charge in [-0.25, -0.2) is 0 Å². The van der Waals surface area contributed by atoms with Crippen LogP contribution in [0.4, 0.5) is 0 Å². The van der Waals surface area contributed by atoms with Crippen LogP contribution in [0, 0.1) is 0 Å². The Labute approximate surface area is 123 Å². The molecule has 0 spiro atoms. The van der Waals surface area contributed by atoms with E-state index in [0.29, 0.717) is 11.1 Å². The summed E-state index contributed by atoms with van der Waals surface area (Å²) in [4.78, 5) is 11.4. The van der Waals surface area contributed by atoms with Crippen LogP contribution in [0.25, 0.3) is 11.1 Å². The van der Waals surface area contributed by atoms with Gasteiger partial charge >= 0.3 is 5.97 Å². The molecule has 4 nitrogen and oxygen atoms in total. The molecular formula is C16H15O4P. The van der Waals surface area contributed by atoms with Gasteiger partial charge in [0.1, 0.15) is 5.75 Å². The predicted molar refractivity (Wildman–Crippen MR) is 81.2 cm³/mol. The standard InChI is InChI=1S/C16H15O4P/c1-19-16(17)10-11-21(18)15-9-5-3-7-13(15)12-6-2-4-8-14(12)20-21/h2-9H,10-11H2,1H3/t21-/m0/s1. The lowest BCUT2D eigenvalue weighted by molar-refractivity contribution is -0.140. The lowest BCUT2D eigenvalue weighted by atomic mass is 10.0. The third-order valence-corrected chi connectivity index (χ3v) is 5.96. The van der Waals surface area contributed by atoms with Gasteiger partial charge in [0.2, 0.25) is 0 Å². The highest BCUT2D eigenvalue weighted by atomic mass is 31.2. The maximum Gasteiger partial charge on any atom is 0.306 e. The van der Waals surface area contributed by atoms with Gasteiger partial charge in [0.25, 0.3) is 7.37 Å². The predicted octanol–water partition coefficient (Wildman–Crippen LogP) is 3.21. The molecule has 1 aliphatic heterocycles. The molecule has 0 saturated heterocycles. The van der Waals surface area contributed by atoms with Crippen LogP contribution < -0.4 is 9.83 Å². The van der Waals surface area contributed by atoms with Crippen LogP contribution in [0.1, 0.15) is 6.42 Å². The van der Waals surface area contributed by atoms with Crippen LogP contribution in [-0.2, 0) is 14.1 Å². The quantitative estimate of drug-likeness (QED) is 0.645. The highest BCUT2D eigenvalue weighted by Crippen LogP contribution is 2.54. The lowest BCUT2D eigenvalue weighted by Crippen LogP contribution is -2.21. The summed E-state index contributed by atoms with van der Waals surface area (Å²) in [5.41, 5.74) is 1.84. The Morgan fingerprint density at radius 2 is 1.76 bits per heavy atom. The summed E-state index contributed by atoms with van der Waals surface area (Å²) in [6.07, 6.45) is 0.218. The van der Waals surface area contributed by atoms with Crippen molar-refractivity contribution >= 4 is 18.6 Å². The number of fused-ring (bicyclic) bond motifs is 3. The zero-order valence-corrected chi connectivity index (χ0v) is 12.5. The van der Waals surface area contributed by atoms with Gasteiger partial charge in [-0.1, -0.05) is 36.4 Å². The van der Waals surface area contributed by atoms with Crippen LogP contribution in [0.5, 0.6) is 5.75 Å². The van der Waals surface area contributed by atoms with E-state index in [-0.39, 0.29) is 18.6 Å². The number of benzene rings is 2. The number of para-hydroxylation sites is 1. The van der Waals surface area contributed by atoms with E-state index in [0.717, 1.165) is 11.1 Å². The van der Waals surface area contributed by atoms with Crippen LogP contribution in [0.15, 0.2) is 48.5 Å². The van der Waals surface area contributed by atoms with Gasteiger partial charge in [-0.05, 0) is 17.7 Å². The second kappa shape index (κ2) is 5.38. The minimum absolute atomic E-state index is 0.0737. The molecule has 5 heteroatoms. The fraction of sp³-hybridized carbons (Fsp3) is 0.188. The third-order valence-electron chi connectivity index (χ3n) is 3.53. The van der Waals surface area contributed by atoms with Crippen molar-refractivity contribution in [1.82, 2.24) is 0 Å². The molecule has 0 unspecified atom stereocenters. The molecule has 0 N–H and O–H groups in total. The summed E-state index contributed by atoms with van der Waals surface area (Å²) in [5, 5.41) is 0.674. The second-order valence-electron chi connectivity index (χ2n) is 4.83. The van der Waals surface area contributed by atoms with Gasteiger partial charge in [-0.3, -0.25) is 9.36 Å². The minimum atomic E-state index is -3.10. The van der Waals surface area contributed by atoms with Crippen molar-refractivity contribution in [2.75, 3.05) is 13.3 Å². The lowest BCUT2D eigenvalue weighted by Gasteiger charge is -2.28. The molecule has 21 heavy (non-hydrogen) atoms. The molecule has 0 saturated carbocycles. The molecule has 0 aromatic heterocycles. The summed E-state index contributed by atoms with van der Waals surface area (Å²) >= 11 is 0. The van der Waals surface area contributed by atoms with Crippen LogP contribution in [0.3, 0.4) is 0 Å². The highest BCUT2D eigenvalue weighted by molar-refractivity contribution is 7.67. The zero-order chi connectivity index (χ0) is 14.9. The van der Waals surface area contributed by atoms with Gasteiger partial charge in [-0.2, -0.15) is 0 Å². The summed E-state index contributed by atoms with van der Waals surface area (Å²) in [6, 6.07) is 15.0. The van der Waals surface area contributed by atoms with Crippen molar-refractivity contribution in [3.8, 4) is 16.9 Å². The Morgan fingerprint density at radius 3 is 2.52 bits per heavy atom. The Hall–Kier alpha value is -2.06. The first-order valence-corrected chi connectivity index (χ1v) is 8.49. The molecule has 0 amide bonds. The normalized spacial score (nSPS) is 19.1. The molecule has 108 valence electrons. The van der Waals surface area contributed by atoms with Crippen molar-refractivity contribution in [2.24, 2.45) is 0 Å². The Balaban J connectivity index is 2.05. The van der Waals surface area contributed by atoms with E-state index in [2.05, 4.69) is 4.74 Å². The van der Waals surface area contributed by atoms with E-state index in [1.807, 2.05) is 42.5 Å². The van der Waals surface area contributed by atoms with E-state index < -0.39 is 7.37 Å². The van der Waals surface area contributed by atoms with E-state index in [1.165, 1.54) is 7.11 Å². The Morgan fingerprint density at radius 1 is 1.10 bits per heavy atom. The van der Waals surface area contributed by atoms with Gasteiger partial charge < -0.3 is 9.26 Å². The van der Waals surface area contributed by atoms with Gasteiger partial charge in [-0.15, -0.1) is 0 Å². The molecule has 2 aromatic carbocycles. The van der Waals surface area contributed by atoms with Gasteiger partial charge in [0.05, 0.1) is 18.8 Å². The van der Waals surface area contributed by atoms with Gasteiger partial charge in [0, 0.05) is 11.7 Å². The van der Waals surface area contributed by atoms with E-state index >= 15 is 0 Å². The molecule has 1 heterocycles. The fourth-order valence-electron chi connectivity index (χ4n) is 2.48. The van der Waals surface area contributed by atoms with Crippen LogP contribution in [-0.4, -0.2) is 19.2 Å². The molecule has 2 aromatic rings. The van der Waals surface area contributed by atoms with Crippen molar-refractivity contribution in [2.45, 2.75) is 6.42 Å². The summed E-state index contributed by atoms with van der Waals surface area (Å²) < 4.78 is 23.6. The van der Waals surface area contributed by atoms with Crippen molar-refractivity contribution in [3.63, 3.8) is 0 Å². The fourth-order valence-corrected chi connectivity index (χ4v) is 4.74. The largest absolute Gasteiger partial charge is 0.469 e. The van der Waals surface area contributed by atoms with E-state index in [1.54, 1.807) is 6.07 Å². The average molecular weight is 302 g/mol. The molecule has 3 rings (SSSR count). The molecule has 0 radical (unpaired) electrons. The van der Waals surface area contributed by atoms with Crippen LogP contribution >= 0.6 is 7.37 Å². The first-order chi connectivity index (χ1) is 10.1. The number of ether oxygens (including phenoxy) is 1. The van der Waals surface area contributed by atoms with Crippen molar-refractivity contribution < 1.29 is 18.6 Å². The number of carbonyl (C=O) groups is 1. The third kappa shape index (κ3) is 2.47. The highest BCUT2D eigenvalue weighted by Gasteiger charge is 2.35. The van der Waals surface area contributed by atoms with Gasteiger partial charge in [0.15, 0.2) is 0 Å². The number of hydrogen-bond acceptors (Lipinski definition) is 4. The molecule has 0 aliphatic carbocycles. The first-order valence-electron chi connectivity index (χ1n) is 6.68. The number of carbonyl (C=O) groups excluding carboxylic acids is 1. The first kappa shape index (κ1) is 13.9. The number of esters is 1. The SMILES string of the molecule is COC(=O)CC[P@]1(=O)Oc2ccccc2-c2ccccc21. The zero-order valence-electron chi connectivity index (χ0n) is 11.6. The Kier molecular flexibility index (Phi) is 3.56. The maximum absolute atomic E-state index is 13.2. The Bertz CT molecular complexity index is 739. The summed E-state index contributed by atoms with van der Waals surface area (Å²) in [6.45, 7) is 0. The van der Waals surface area contributed by atoms with E-state index in [4.69, 9.17) is 4.52 Å². The molecule has 1 aliphatic rings. The summed E-state index contributed by atoms with van der Waals surface area (Å²) in [5.74, 6) is 0.217. The molecule has 0 bridgehead atoms. The summed E-state index contributed by atoms with van der Waals surface area (Å²) in [7, 11) is -1.78. The minimum Gasteiger partial charge on any atom is -0.469 e. The van der Waals surface area contributed by atoms with Crippen molar-refractivity contribution in [1.29, 1.82) is 0 Å². The van der Waals surface area contributed by atoms with Crippen LogP contribution in [0.2, 0.25) is 0 Å². The smallest absolute Gasteiger partial charge is 0.306 e.